The molecule has 0 saturated carbocycles. The van der Waals surface area contributed by atoms with Crippen molar-refractivity contribution >= 4 is 0 Å². The number of rotatable bonds is 2. The molecule has 92 valence electrons. The minimum atomic E-state index is -0.185. The van der Waals surface area contributed by atoms with Crippen LogP contribution in [0, 0.1) is 5.82 Å². The molecule has 0 amide bonds. The lowest BCUT2D eigenvalue weighted by Gasteiger charge is -2.11. The van der Waals surface area contributed by atoms with Crippen LogP contribution in [0.1, 0.15) is 29.5 Å². The Kier molecular flexibility index (Phi) is 2.67. The fourth-order valence-electron chi connectivity index (χ4n) is 2.85. The summed E-state index contributed by atoms with van der Waals surface area (Å²) >= 11 is 0. The maximum absolute atomic E-state index is 13.4. The molecule has 2 N–H and O–H groups in total. The summed E-state index contributed by atoms with van der Waals surface area (Å²) < 4.78 is 13.4. The average molecular weight is 241 g/mol. The second-order valence-corrected chi connectivity index (χ2v) is 4.80. The molecule has 1 unspecified atom stereocenters. The normalized spacial score (nSPS) is 16.5. The number of fused-ring (bicyclic) bond motifs is 3. The topological polar surface area (TPSA) is 26.0 Å². The third kappa shape index (κ3) is 1.57. The van der Waals surface area contributed by atoms with Gasteiger partial charge in [-0.3, -0.25) is 0 Å². The molecule has 3 rings (SSSR count). The minimum absolute atomic E-state index is 0.136. The molecule has 2 heteroatoms. The Hall–Kier alpha value is -1.67. The second-order valence-electron chi connectivity index (χ2n) is 4.80. The maximum atomic E-state index is 13.4. The predicted molar refractivity (Wildman–Crippen MR) is 72.1 cm³/mol. The Morgan fingerprint density at radius 2 is 1.72 bits per heavy atom. The first-order valence-corrected chi connectivity index (χ1v) is 6.37. The van der Waals surface area contributed by atoms with Crippen LogP contribution in [0.2, 0.25) is 0 Å². The number of halogens is 1. The Morgan fingerprint density at radius 1 is 1.06 bits per heavy atom. The molecule has 0 radical (unpaired) electrons. The maximum Gasteiger partial charge on any atom is 0.123 e. The first-order chi connectivity index (χ1) is 8.74. The second kappa shape index (κ2) is 4.21. The summed E-state index contributed by atoms with van der Waals surface area (Å²) in [6.07, 6.45) is 1.01. The van der Waals surface area contributed by atoms with Crippen molar-refractivity contribution in [1.29, 1.82) is 0 Å². The Bertz CT molecular complexity index is 604. The first kappa shape index (κ1) is 11.4. The van der Waals surface area contributed by atoms with Crippen LogP contribution in [0.5, 0.6) is 0 Å². The average Bonchev–Trinajstić information content (AvgIpc) is 2.70. The van der Waals surface area contributed by atoms with Gasteiger partial charge in [-0.05, 0) is 46.4 Å². The summed E-state index contributed by atoms with van der Waals surface area (Å²) in [6, 6.07) is 11.5. The SMILES string of the molecule is CCc1ccc2c(c1)C(CN)c1cc(F)ccc1-2. The molecular weight excluding hydrogens is 225 g/mol. The molecule has 0 bridgehead atoms. The highest BCUT2D eigenvalue weighted by Gasteiger charge is 2.27. The number of nitrogens with two attached hydrogens (primary N) is 1. The zero-order valence-corrected chi connectivity index (χ0v) is 10.4. The smallest absolute Gasteiger partial charge is 0.123 e. The molecule has 0 saturated heterocycles. The summed E-state index contributed by atoms with van der Waals surface area (Å²) in [5, 5.41) is 0. The third-order valence-corrected chi connectivity index (χ3v) is 3.81. The lowest BCUT2D eigenvalue weighted by atomic mass is 9.95. The number of benzene rings is 2. The van der Waals surface area contributed by atoms with Crippen molar-refractivity contribution in [3.8, 4) is 11.1 Å². The van der Waals surface area contributed by atoms with Gasteiger partial charge >= 0.3 is 0 Å². The van der Waals surface area contributed by atoms with Gasteiger partial charge in [-0.15, -0.1) is 0 Å². The van der Waals surface area contributed by atoms with Crippen LogP contribution in [-0.2, 0) is 6.42 Å². The van der Waals surface area contributed by atoms with Crippen LogP contribution < -0.4 is 5.73 Å². The first-order valence-electron chi connectivity index (χ1n) is 6.37. The van der Waals surface area contributed by atoms with Crippen LogP contribution in [0.4, 0.5) is 4.39 Å². The van der Waals surface area contributed by atoms with E-state index in [-0.39, 0.29) is 11.7 Å². The largest absolute Gasteiger partial charge is 0.330 e. The van der Waals surface area contributed by atoms with Gasteiger partial charge in [0.1, 0.15) is 5.82 Å². The predicted octanol–water partition coefficient (Wildman–Crippen LogP) is 3.46. The van der Waals surface area contributed by atoms with Gasteiger partial charge in [-0.1, -0.05) is 31.2 Å². The number of hydrogen-bond donors (Lipinski definition) is 1. The zero-order valence-electron chi connectivity index (χ0n) is 10.4. The number of aryl methyl sites for hydroxylation is 1. The van der Waals surface area contributed by atoms with Crippen LogP contribution >= 0.6 is 0 Å². The molecule has 2 aromatic rings. The Labute approximate surface area is 106 Å². The van der Waals surface area contributed by atoms with Gasteiger partial charge in [0.15, 0.2) is 0 Å². The standard InChI is InChI=1S/C16H16FN/c1-2-10-3-5-12-13-6-4-11(17)8-15(13)16(9-18)14(12)7-10/h3-8,16H,2,9,18H2,1H3. The van der Waals surface area contributed by atoms with E-state index in [9.17, 15) is 4.39 Å². The van der Waals surface area contributed by atoms with Crippen molar-refractivity contribution in [3.05, 3.63) is 58.9 Å². The fourth-order valence-corrected chi connectivity index (χ4v) is 2.85. The molecule has 2 aromatic carbocycles. The van der Waals surface area contributed by atoms with E-state index < -0.39 is 0 Å². The van der Waals surface area contributed by atoms with Gasteiger partial charge in [0.05, 0.1) is 0 Å². The van der Waals surface area contributed by atoms with Crippen molar-refractivity contribution in [2.45, 2.75) is 19.3 Å². The summed E-state index contributed by atoms with van der Waals surface area (Å²) in [5.41, 5.74) is 11.8. The number of hydrogen-bond acceptors (Lipinski definition) is 1. The third-order valence-electron chi connectivity index (χ3n) is 3.81. The van der Waals surface area contributed by atoms with E-state index in [0.717, 1.165) is 17.5 Å². The molecule has 18 heavy (non-hydrogen) atoms. The lowest BCUT2D eigenvalue weighted by Crippen LogP contribution is -2.11. The van der Waals surface area contributed by atoms with Crippen molar-refractivity contribution in [1.82, 2.24) is 0 Å². The van der Waals surface area contributed by atoms with E-state index >= 15 is 0 Å². The van der Waals surface area contributed by atoms with Gasteiger partial charge in [0.2, 0.25) is 0 Å². The summed E-state index contributed by atoms with van der Waals surface area (Å²) in [4.78, 5) is 0. The van der Waals surface area contributed by atoms with Gasteiger partial charge in [-0.2, -0.15) is 0 Å². The van der Waals surface area contributed by atoms with Crippen molar-refractivity contribution in [2.24, 2.45) is 5.73 Å². The Balaban J connectivity index is 2.23. The fraction of sp³-hybridized carbons (Fsp3) is 0.250. The van der Waals surface area contributed by atoms with Gasteiger partial charge < -0.3 is 5.73 Å². The molecular formula is C16H16FN. The van der Waals surface area contributed by atoms with E-state index in [1.165, 1.54) is 22.8 Å². The molecule has 1 atom stereocenters. The van der Waals surface area contributed by atoms with Gasteiger partial charge in [0.25, 0.3) is 0 Å². The van der Waals surface area contributed by atoms with E-state index in [1.54, 1.807) is 6.07 Å². The summed E-state index contributed by atoms with van der Waals surface area (Å²) in [6.45, 7) is 2.66. The minimum Gasteiger partial charge on any atom is -0.330 e. The molecule has 0 heterocycles. The molecule has 0 aliphatic heterocycles. The van der Waals surface area contributed by atoms with E-state index in [1.807, 2.05) is 6.07 Å². The lowest BCUT2D eigenvalue weighted by molar-refractivity contribution is 0.624. The van der Waals surface area contributed by atoms with E-state index in [0.29, 0.717) is 6.54 Å². The van der Waals surface area contributed by atoms with Crippen LogP contribution in [0.15, 0.2) is 36.4 Å². The molecule has 0 aromatic heterocycles. The monoisotopic (exact) mass is 241 g/mol. The van der Waals surface area contributed by atoms with Crippen molar-refractivity contribution in [3.63, 3.8) is 0 Å². The quantitative estimate of drug-likeness (QED) is 0.856. The summed E-state index contributed by atoms with van der Waals surface area (Å²) in [5.74, 6) is -0.0482. The molecule has 1 nitrogen and oxygen atoms in total. The van der Waals surface area contributed by atoms with Crippen LogP contribution in [-0.4, -0.2) is 6.54 Å². The van der Waals surface area contributed by atoms with E-state index in [4.69, 9.17) is 5.73 Å². The molecule has 0 spiro atoms. The highest BCUT2D eigenvalue weighted by molar-refractivity contribution is 5.79. The van der Waals surface area contributed by atoms with Gasteiger partial charge in [0, 0.05) is 12.5 Å². The van der Waals surface area contributed by atoms with Crippen LogP contribution in [0.3, 0.4) is 0 Å². The molecule has 0 fully saturated rings. The zero-order chi connectivity index (χ0) is 12.7. The van der Waals surface area contributed by atoms with Gasteiger partial charge in [-0.25, -0.2) is 4.39 Å². The van der Waals surface area contributed by atoms with Crippen molar-refractivity contribution < 1.29 is 4.39 Å². The van der Waals surface area contributed by atoms with Crippen LogP contribution in [0.25, 0.3) is 11.1 Å². The highest BCUT2D eigenvalue weighted by atomic mass is 19.1. The van der Waals surface area contributed by atoms with E-state index in [2.05, 4.69) is 25.1 Å². The molecule has 1 aliphatic rings. The Morgan fingerprint density at radius 3 is 2.39 bits per heavy atom. The highest BCUT2D eigenvalue weighted by Crippen LogP contribution is 2.44. The molecule has 1 aliphatic carbocycles. The van der Waals surface area contributed by atoms with Crippen molar-refractivity contribution in [2.75, 3.05) is 6.54 Å². The summed E-state index contributed by atoms with van der Waals surface area (Å²) in [7, 11) is 0.